The molecule has 0 fully saturated rings. The minimum absolute atomic E-state index is 0.104. The van der Waals surface area contributed by atoms with Crippen molar-refractivity contribution < 1.29 is 17.6 Å². The van der Waals surface area contributed by atoms with Crippen LogP contribution in [-0.2, 0) is 14.8 Å². The Kier molecular flexibility index (Phi) is 6.52. The Morgan fingerprint density at radius 3 is 2.20 bits per heavy atom. The zero-order chi connectivity index (χ0) is 21.7. The van der Waals surface area contributed by atoms with Crippen LogP contribution in [0.15, 0.2) is 83.8 Å². The number of sulfonamides is 1. The standard InChI is InChI=1S/C23H23FN2O3S/c1-17-8-6-7-11-22(17)26(30(28,29)21-9-4-3-5-10-21)16-23(27)25-18(2)19-12-14-20(24)15-13-19/h3-15,18H,16H2,1-2H3,(H,25,27)/t18-/m1/s1. The smallest absolute Gasteiger partial charge is 0.264 e. The molecule has 0 radical (unpaired) electrons. The van der Waals surface area contributed by atoms with Gasteiger partial charge in [0.1, 0.15) is 12.4 Å². The molecule has 0 spiro atoms. The molecule has 30 heavy (non-hydrogen) atoms. The van der Waals surface area contributed by atoms with E-state index in [4.69, 9.17) is 0 Å². The van der Waals surface area contributed by atoms with E-state index in [9.17, 15) is 17.6 Å². The van der Waals surface area contributed by atoms with Crippen LogP contribution in [0, 0.1) is 12.7 Å². The summed E-state index contributed by atoms with van der Waals surface area (Å²) in [7, 11) is -3.95. The molecule has 0 aliphatic carbocycles. The Bertz CT molecular complexity index is 1120. The van der Waals surface area contributed by atoms with Crippen molar-refractivity contribution in [1.82, 2.24) is 5.32 Å². The Morgan fingerprint density at radius 1 is 0.967 bits per heavy atom. The number of carbonyl (C=O) groups is 1. The third-order valence-corrected chi connectivity index (χ3v) is 6.52. The van der Waals surface area contributed by atoms with Gasteiger partial charge in [0, 0.05) is 0 Å². The summed E-state index contributed by atoms with van der Waals surface area (Å²) in [6.07, 6.45) is 0. The lowest BCUT2D eigenvalue weighted by atomic mass is 10.1. The minimum atomic E-state index is -3.95. The van der Waals surface area contributed by atoms with Gasteiger partial charge in [0.2, 0.25) is 5.91 Å². The number of rotatable bonds is 7. The van der Waals surface area contributed by atoms with Crippen molar-refractivity contribution in [3.05, 3.63) is 95.8 Å². The van der Waals surface area contributed by atoms with E-state index < -0.39 is 22.0 Å². The van der Waals surface area contributed by atoms with Crippen LogP contribution < -0.4 is 9.62 Å². The van der Waals surface area contributed by atoms with Gasteiger partial charge in [0.05, 0.1) is 16.6 Å². The van der Waals surface area contributed by atoms with Crippen LogP contribution >= 0.6 is 0 Å². The molecule has 0 saturated carbocycles. The summed E-state index contributed by atoms with van der Waals surface area (Å²) >= 11 is 0. The van der Waals surface area contributed by atoms with Crippen molar-refractivity contribution in [2.75, 3.05) is 10.8 Å². The molecule has 1 atom stereocenters. The summed E-state index contributed by atoms with van der Waals surface area (Å²) in [6, 6.07) is 20.4. The Morgan fingerprint density at radius 2 is 1.57 bits per heavy atom. The predicted molar refractivity (Wildman–Crippen MR) is 115 cm³/mol. The summed E-state index contributed by atoms with van der Waals surface area (Å²) in [5.74, 6) is -0.827. The second-order valence-electron chi connectivity index (χ2n) is 6.95. The highest BCUT2D eigenvalue weighted by Gasteiger charge is 2.28. The molecule has 1 N–H and O–H groups in total. The van der Waals surface area contributed by atoms with Crippen LogP contribution in [0.5, 0.6) is 0 Å². The number of carbonyl (C=O) groups excluding carboxylic acids is 1. The van der Waals surface area contributed by atoms with Gasteiger partial charge in [-0.3, -0.25) is 9.10 Å². The Hall–Kier alpha value is -3.19. The third-order valence-electron chi connectivity index (χ3n) is 4.75. The molecule has 3 rings (SSSR count). The number of aryl methyl sites for hydroxylation is 1. The van der Waals surface area contributed by atoms with E-state index in [2.05, 4.69) is 5.32 Å². The van der Waals surface area contributed by atoms with E-state index in [-0.39, 0.29) is 17.3 Å². The van der Waals surface area contributed by atoms with Gasteiger partial charge in [-0.1, -0.05) is 48.5 Å². The van der Waals surface area contributed by atoms with E-state index in [0.717, 1.165) is 15.4 Å². The number of nitrogens with zero attached hydrogens (tertiary/aromatic N) is 1. The monoisotopic (exact) mass is 426 g/mol. The van der Waals surface area contributed by atoms with Gasteiger partial charge < -0.3 is 5.32 Å². The Labute approximate surface area is 176 Å². The van der Waals surface area contributed by atoms with Gasteiger partial charge in [-0.25, -0.2) is 12.8 Å². The fourth-order valence-corrected chi connectivity index (χ4v) is 4.62. The molecule has 0 aliphatic heterocycles. The normalized spacial score (nSPS) is 12.2. The van der Waals surface area contributed by atoms with Crippen LogP contribution in [0.3, 0.4) is 0 Å². The largest absolute Gasteiger partial charge is 0.348 e. The summed E-state index contributed by atoms with van der Waals surface area (Å²) < 4.78 is 40.9. The first-order valence-corrected chi connectivity index (χ1v) is 10.9. The maximum atomic E-state index is 13.3. The van der Waals surface area contributed by atoms with E-state index in [1.807, 2.05) is 6.07 Å². The number of hydrogen-bond acceptors (Lipinski definition) is 3. The average molecular weight is 427 g/mol. The lowest BCUT2D eigenvalue weighted by Crippen LogP contribution is -2.41. The second-order valence-corrected chi connectivity index (χ2v) is 8.81. The molecule has 0 unspecified atom stereocenters. The van der Waals surface area contributed by atoms with Crippen LogP contribution in [-0.4, -0.2) is 20.9 Å². The van der Waals surface area contributed by atoms with E-state index >= 15 is 0 Å². The molecule has 3 aromatic rings. The maximum absolute atomic E-state index is 13.3. The summed E-state index contributed by atoms with van der Waals surface area (Å²) in [5, 5.41) is 2.79. The summed E-state index contributed by atoms with van der Waals surface area (Å²) in [4.78, 5) is 12.9. The van der Waals surface area contributed by atoms with Gasteiger partial charge in [-0.15, -0.1) is 0 Å². The van der Waals surface area contributed by atoms with Gasteiger partial charge in [-0.2, -0.15) is 0 Å². The lowest BCUT2D eigenvalue weighted by molar-refractivity contribution is -0.120. The maximum Gasteiger partial charge on any atom is 0.264 e. The number of para-hydroxylation sites is 1. The van der Waals surface area contributed by atoms with E-state index in [0.29, 0.717) is 5.69 Å². The highest BCUT2D eigenvalue weighted by atomic mass is 32.2. The topological polar surface area (TPSA) is 66.5 Å². The average Bonchev–Trinajstić information content (AvgIpc) is 2.73. The number of nitrogens with one attached hydrogen (secondary N) is 1. The Balaban J connectivity index is 1.88. The minimum Gasteiger partial charge on any atom is -0.348 e. The van der Waals surface area contributed by atoms with Crippen molar-refractivity contribution in [2.24, 2.45) is 0 Å². The summed E-state index contributed by atoms with van der Waals surface area (Å²) in [5.41, 5.74) is 1.89. The zero-order valence-corrected chi connectivity index (χ0v) is 17.6. The molecule has 1 amide bonds. The van der Waals surface area contributed by atoms with Crippen LogP contribution in [0.1, 0.15) is 24.1 Å². The van der Waals surface area contributed by atoms with Gasteiger partial charge >= 0.3 is 0 Å². The molecule has 7 heteroatoms. The molecule has 0 bridgehead atoms. The fraction of sp³-hybridized carbons (Fsp3) is 0.174. The first-order chi connectivity index (χ1) is 14.3. The van der Waals surface area contributed by atoms with Gasteiger partial charge in [0.15, 0.2) is 0 Å². The molecular formula is C23H23FN2O3S. The zero-order valence-electron chi connectivity index (χ0n) is 16.7. The molecule has 0 aromatic heterocycles. The van der Waals surface area contributed by atoms with Crippen molar-refractivity contribution in [3.63, 3.8) is 0 Å². The predicted octanol–water partition coefficient (Wildman–Crippen LogP) is 4.21. The van der Waals surface area contributed by atoms with Crippen molar-refractivity contribution in [1.29, 1.82) is 0 Å². The van der Waals surface area contributed by atoms with E-state index in [1.54, 1.807) is 62.4 Å². The van der Waals surface area contributed by atoms with Crippen LogP contribution in [0.2, 0.25) is 0 Å². The molecule has 3 aromatic carbocycles. The molecule has 0 aliphatic rings. The number of amides is 1. The van der Waals surface area contributed by atoms with E-state index in [1.165, 1.54) is 24.3 Å². The van der Waals surface area contributed by atoms with Gasteiger partial charge in [-0.05, 0) is 55.3 Å². The van der Waals surface area contributed by atoms with Crippen LogP contribution in [0.25, 0.3) is 0 Å². The molecule has 5 nitrogen and oxygen atoms in total. The lowest BCUT2D eigenvalue weighted by Gasteiger charge is -2.26. The van der Waals surface area contributed by atoms with Gasteiger partial charge in [0.25, 0.3) is 10.0 Å². The molecule has 0 saturated heterocycles. The van der Waals surface area contributed by atoms with Crippen molar-refractivity contribution in [3.8, 4) is 0 Å². The third kappa shape index (κ3) is 4.86. The molecular weight excluding hydrogens is 403 g/mol. The highest BCUT2D eigenvalue weighted by molar-refractivity contribution is 7.92. The SMILES string of the molecule is Cc1ccccc1N(CC(=O)N[C@H](C)c1ccc(F)cc1)S(=O)(=O)c1ccccc1. The van der Waals surface area contributed by atoms with Crippen molar-refractivity contribution >= 4 is 21.6 Å². The van der Waals surface area contributed by atoms with Crippen molar-refractivity contribution in [2.45, 2.75) is 24.8 Å². The number of halogens is 1. The molecule has 0 heterocycles. The highest BCUT2D eigenvalue weighted by Crippen LogP contribution is 2.26. The second kappa shape index (κ2) is 9.09. The first-order valence-electron chi connectivity index (χ1n) is 9.47. The number of benzene rings is 3. The number of hydrogen-bond donors (Lipinski definition) is 1. The summed E-state index contributed by atoms with van der Waals surface area (Å²) in [6.45, 7) is 3.17. The molecule has 156 valence electrons. The fourth-order valence-electron chi connectivity index (χ4n) is 3.11. The quantitative estimate of drug-likeness (QED) is 0.616. The first kappa shape index (κ1) is 21.5. The van der Waals surface area contributed by atoms with Crippen LogP contribution in [0.4, 0.5) is 10.1 Å². The number of anilines is 1.